The minimum absolute atomic E-state index is 0.0211. The van der Waals surface area contributed by atoms with Gasteiger partial charge in [-0.15, -0.1) is 0 Å². The predicted molar refractivity (Wildman–Crippen MR) is 76.0 cm³/mol. The van der Waals surface area contributed by atoms with Crippen LogP contribution in [0.5, 0.6) is 0 Å². The molecule has 2 bridgehead atoms. The lowest BCUT2D eigenvalue weighted by Crippen LogP contribution is -2.50. The van der Waals surface area contributed by atoms with E-state index in [1.807, 2.05) is 4.90 Å². The van der Waals surface area contributed by atoms with E-state index in [1.165, 1.54) is 0 Å². The van der Waals surface area contributed by atoms with Crippen molar-refractivity contribution in [2.75, 3.05) is 13.1 Å². The van der Waals surface area contributed by atoms with Crippen LogP contribution in [0.1, 0.15) is 44.9 Å². The van der Waals surface area contributed by atoms with Crippen molar-refractivity contribution in [3.8, 4) is 0 Å². The van der Waals surface area contributed by atoms with Gasteiger partial charge in [-0.25, -0.2) is 4.79 Å². The number of aliphatic carboxylic acids is 1. The van der Waals surface area contributed by atoms with Gasteiger partial charge >= 0.3 is 12.0 Å². The van der Waals surface area contributed by atoms with Crippen molar-refractivity contribution in [2.45, 2.75) is 63.2 Å². The Bertz CT molecular complexity index is 406. The van der Waals surface area contributed by atoms with E-state index in [0.717, 1.165) is 51.6 Å². The zero-order valence-electron chi connectivity index (χ0n) is 12.3. The largest absolute Gasteiger partial charge is 0.481 e. The third-order valence-corrected chi connectivity index (χ3v) is 5.08. The summed E-state index contributed by atoms with van der Waals surface area (Å²) < 4.78 is 5.76. The first-order valence-electron chi connectivity index (χ1n) is 8.04. The molecular formula is C15H24N2O4. The quantitative estimate of drug-likeness (QED) is 0.826. The summed E-state index contributed by atoms with van der Waals surface area (Å²) in [5, 5.41) is 11.8. The average molecular weight is 296 g/mol. The number of carbonyl (C=O) groups is 2. The second kappa shape index (κ2) is 6.22. The summed E-state index contributed by atoms with van der Waals surface area (Å²) in [5.41, 5.74) is 0. The van der Waals surface area contributed by atoms with E-state index in [1.54, 1.807) is 0 Å². The van der Waals surface area contributed by atoms with E-state index in [0.29, 0.717) is 12.0 Å². The fourth-order valence-electron chi connectivity index (χ4n) is 3.79. The fourth-order valence-corrected chi connectivity index (χ4v) is 3.79. The van der Waals surface area contributed by atoms with Crippen molar-refractivity contribution in [1.82, 2.24) is 10.2 Å². The number of carboxylic acids is 1. The van der Waals surface area contributed by atoms with E-state index >= 15 is 0 Å². The molecule has 118 valence electrons. The van der Waals surface area contributed by atoms with Gasteiger partial charge in [-0.1, -0.05) is 0 Å². The summed E-state index contributed by atoms with van der Waals surface area (Å²) in [6, 6.07) is 0.203. The number of ether oxygens (including phenoxy) is 1. The number of nitrogens with one attached hydrogen (secondary N) is 1. The van der Waals surface area contributed by atoms with E-state index in [4.69, 9.17) is 9.84 Å². The second-order valence-electron chi connectivity index (χ2n) is 6.53. The molecule has 3 heterocycles. The number of fused-ring (bicyclic) bond motifs is 2. The SMILES string of the molecule is O=C(O)CCC1CCN(C(=O)NC2CC3CCC2O3)CC1. The zero-order valence-corrected chi connectivity index (χ0v) is 12.3. The Kier molecular flexibility index (Phi) is 4.33. The van der Waals surface area contributed by atoms with Crippen molar-refractivity contribution >= 4 is 12.0 Å². The van der Waals surface area contributed by atoms with Gasteiger partial charge in [0.15, 0.2) is 0 Å². The molecule has 2 N–H and O–H groups in total. The molecular weight excluding hydrogens is 272 g/mol. The molecule has 6 nitrogen and oxygen atoms in total. The highest BCUT2D eigenvalue weighted by Crippen LogP contribution is 2.34. The fraction of sp³-hybridized carbons (Fsp3) is 0.867. The number of piperidine rings is 1. The van der Waals surface area contributed by atoms with Crippen LogP contribution in [-0.2, 0) is 9.53 Å². The smallest absolute Gasteiger partial charge is 0.317 e. The van der Waals surface area contributed by atoms with E-state index in [9.17, 15) is 9.59 Å². The first kappa shape index (κ1) is 14.6. The molecule has 0 radical (unpaired) electrons. The van der Waals surface area contributed by atoms with Crippen LogP contribution in [0.15, 0.2) is 0 Å². The molecule has 6 heteroatoms. The monoisotopic (exact) mass is 296 g/mol. The van der Waals surface area contributed by atoms with Gasteiger partial charge in [0, 0.05) is 19.5 Å². The number of amides is 2. The van der Waals surface area contributed by atoms with Crippen LogP contribution in [0.2, 0.25) is 0 Å². The van der Waals surface area contributed by atoms with Crippen LogP contribution >= 0.6 is 0 Å². The second-order valence-corrected chi connectivity index (χ2v) is 6.53. The highest BCUT2D eigenvalue weighted by molar-refractivity contribution is 5.74. The highest BCUT2D eigenvalue weighted by atomic mass is 16.5. The molecule has 0 aromatic heterocycles. The molecule has 0 aromatic carbocycles. The lowest BCUT2D eigenvalue weighted by atomic mass is 9.92. The van der Waals surface area contributed by atoms with Gasteiger partial charge < -0.3 is 20.1 Å². The molecule has 3 unspecified atom stereocenters. The molecule has 0 aliphatic carbocycles. The molecule has 0 saturated carbocycles. The number of hydrogen-bond donors (Lipinski definition) is 2. The summed E-state index contributed by atoms with van der Waals surface area (Å²) in [6.45, 7) is 1.47. The first-order valence-corrected chi connectivity index (χ1v) is 8.04. The maximum Gasteiger partial charge on any atom is 0.317 e. The summed E-state index contributed by atoms with van der Waals surface area (Å²) in [4.78, 5) is 24.7. The molecule has 0 spiro atoms. The molecule has 3 atom stereocenters. The summed E-state index contributed by atoms with van der Waals surface area (Å²) in [6.07, 6.45) is 6.49. The van der Waals surface area contributed by atoms with Gasteiger partial charge in [0.2, 0.25) is 0 Å². The van der Waals surface area contributed by atoms with Crippen LogP contribution in [0.3, 0.4) is 0 Å². The van der Waals surface area contributed by atoms with Crippen LogP contribution in [0, 0.1) is 5.92 Å². The van der Waals surface area contributed by atoms with E-state index < -0.39 is 5.97 Å². The van der Waals surface area contributed by atoms with Crippen LogP contribution in [0.25, 0.3) is 0 Å². The Labute approximate surface area is 124 Å². The summed E-state index contributed by atoms with van der Waals surface area (Å²) in [7, 11) is 0. The van der Waals surface area contributed by atoms with Crippen LogP contribution in [0.4, 0.5) is 4.79 Å². The van der Waals surface area contributed by atoms with E-state index in [2.05, 4.69) is 5.32 Å². The van der Waals surface area contributed by atoms with Crippen molar-refractivity contribution in [1.29, 1.82) is 0 Å². The average Bonchev–Trinajstić information content (AvgIpc) is 3.08. The van der Waals surface area contributed by atoms with Gasteiger partial charge in [-0.3, -0.25) is 4.79 Å². The van der Waals surface area contributed by atoms with Gasteiger partial charge in [0.05, 0.1) is 18.2 Å². The molecule has 3 saturated heterocycles. The Morgan fingerprint density at radius 2 is 1.95 bits per heavy atom. The predicted octanol–water partition coefficient (Wildman–Crippen LogP) is 1.59. The van der Waals surface area contributed by atoms with Crippen molar-refractivity contribution in [3.05, 3.63) is 0 Å². The first-order chi connectivity index (χ1) is 10.1. The third kappa shape index (κ3) is 3.48. The molecule has 3 aliphatic rings. The molecule has 3 rings (SSSR count). The molecule has 21 heavy (non-hydrogen) atoms. The van der Waals surface area contributed by atoms with Crippen molar-refractivity contribution in [3.63, 3.8) is 0 Å². The minimum atomic E-state index is -0.730. The van der Waals surface area contributed by atoms with Gasteiger partial charge in [-0.2, -0.15) is 0 Å². The number of urea groups is 1. The Hall–Kier alpha value is -1.30. The minimum Gasteiger partial charge on any atom is -0.481 e. The summed E-state index contributed by atoms with van der Waals surface area (Å²) in [5.74, 6) is -0.289. The zero-order chi connectivity index (χ0) is 14.8. The van der Waals surface area contributed by atoms with Crippen LogP contribution in [-0.4, -0.2) is 53.3 Å². The number of carboxylic acid groups (broad SMARTS) is 1. The van der Waals surface area contributed by atoms with Gasteiger partial charge in [-0.05, 0) is 44.4 Å². The number of rotatable bonds is 4. The Morgan fingerprint density at radius 3 is 2.52 bits per heavy atom. The Balaban J connectivity index is 1.40. The third-order valence-electron chi connectivity index (χ3n) is 5.08. The van der Waals surface area contributed by atoms with Gasteiger partial charge in [0.25, 0.3) is 0 Å². The maximum atomic E-state index is 12.3. The molecule has 3 fully saturated rings. The normalized spacial score (nSPS) is 32.4. The standard InChI is InChI=1S/C15H24N2O4/c18-14(19)4-1-10-5-7-17(8-6-10)15(20)16-12-9-11-2-3-13(12)21-11/h10-13H,1-9H2,(H,16,20)(H,18,19). The lowest BCUT2D eigenvalue weighted by Gasteiger charge is -2.33. The number of nitrogens with zero attached hydrogens (tertiary/aromatic N) is 1. The number of hydrogen-bond acceptors (Lipinski definition) is 3. The van der Waals surface area contributed by atoms with Crippen LogP contribution < -0.4 is 5.32 Å². The summed E-state index contributed by atoms with van der Waals surface area (Å²) >= 11 is 0. The number of likely N-dealkylation sites (tertiary alicyclic amines) is 1. The molecule has 2 amide bonds. The maximum absolute atomic E-state index is 12.3. The Morgan fingerprint density at radius 1 is 1.19 bits per heavy atom. The van der Waals surface area contributed by atoms with Gasteiger partial charge in [0.1, 0.15) is 0 Å². The van der Waals surface area contributed by atoms with Crippen molar-refractivity contribution in [2.24, 2.45) is 5.92 Å². The highest BCUT2D eigenvalue weighted by Gasteiger charge is 2.42. The van der Waals surface area contributed by atoms with Crippen molar-refractivity contribution < 1.29 is 19.4 Å². The topological polar surface area (TPSA) is 78.9 Å². The lowest BCUT2D eigenvalue weighted by molar-refractivity contribution is -0.137. The molecule has 3 aliphatic heterocycles. The number of carbonyl (C=O) groups excluding carboxylic acids is 1. The van der Waals surface area contributed by atoms with E-state index in [-0.39, 0.29) is 24.6 Å². The molecule has 0 aromatic rings.